The highest BCUT2D eigenvalue weighted by molar-refractivity contribution is 5.93. The van der Waals surface area contributed by atoms with Gasteiger partial charge in [0.2, 0.25) is 11.8 Å². The van der Waals surface area contributed by atoms with E-state index < -0.39 is 23.6 Å². The van der Waals surface area contributed by atoms with Crippen LogP contribution in [-0.2, 0) is 14.3 Å². The summed E-state index contributed by atoms with van der Waals surface area (Å²) in [6.07, 6.45) is 3.24. The molecule has 2 aliphatic heterocycles. The number of likely N-dealkylation sites (tertiary alicyclic amines) is 1. The van der Waals surface area contributed by atoms with Crippen LogP contribution in [0.25, 0.3) is 0 Å². The van der Waals surface area contributed by atoms with E-state index in [0.29, 0.717) is 18.7 Å². The lowest BCUT2D eigenvalue weighted by atomic mass is 9.86. The minimum absolute atomic E-state index is 0.183. The topological polar surface area (TPSA) is 101 Å². The van der Waals surface area contributed by atoms with E-state index in [1.807, 2.05) is 0 Å². The fourth-order valence-corrected chi connectivity index (χ4v) is 4.15. The molecule has 0 aromatic carbocycles. The highest BCUT2D eigenvalue weighted by Crippen LogP contribution is 2.50. The van der Waals surface area contributed by atoms with Gasteiger partial charge in [0.05, 0.1) is 18.8 Å². The van der Waals surface area contributed by atoms with Crippen LogP contribution in [0.5, 0.6) is 0 Å². The largest absolute Gasteiger partial charge is 0.467 e. The van der Waals surface area contributed by atoms with Gasteiger partial charge in [-0.2, -0.15) is 0 Å². The van der Waals surface area contributed by atoms with Crippen molar-refractivity contribution in [2.45, 2.75) is 44.2 Å². The lowest BCUT2D eigenvalue weighted by Gasteiger charge is -2.37. The monoisotopic (exact) mass is 363 g/mol. The van der Waals surface area contributed by atoms with Gasteiger partial charge in [0.15, 0.2) is 0 Å². The third kappa shape index (κ3) is 2.93. The maximum absolute atomic E-state index is 13.0. The Bertz CT molecular complexity index is 674. The summed E-state index contributed by atoms with van der Waals surface area (Å²) in [5.41, 5.74) is -1.11. The molecular formula is C18H25N3O5. The standard InChI is InChI=1S/C18H25N3O5/c1-3-25-17(24)21-14(13-7-6-10-26-13)12(15(22)19-2)11-18(21)8-4-5-9-20-16(18)23/h6-7,10,12,14H,3-5,8-9,11H2,1-2H3,(H,19,22)(H,20,23)/t12-,14+,18-/m0/s1. The van der Waals surface area contributed by atoms with E-state index >= 15 is 0 Å². The summed E-state index contributed by atoms with van der Waals surface area (Å²) in [6.45, 7) is 2.46. The molecular weight excluding hydrogens is 338 g/mol. The minimum atomic E-state index is -1.11. The van der Waals surface area contributed by atoms with Crippen molar-refractivity contribution >= 4 is 17.9 Å². The van der Waals surface area contributed by atoms with Crippen molar-refractivity contribution in [3.8, 4) is 0 Å². The number of furan rings is 1. The highest BCUT2D eigenvalue weighted by Gasteiger charge is 2.61. The summed E-state index contributed by atoms with van der Waals surface area (Å²) in [7, 11) is 1.55. The van der Waals surface area contributed by atoms with Crippen LogP contribution in [0.3, 0.4) is 0 Å². The van der Waals surface area contributed by atoms with Crippen molar-refractivity contribution in [3.05, 3.63) is 24.2 Å². The fraction of sp³-hybridized carbons (Fsp3) is 0.611. The van der Waals surface area contributed by atoms with E-state index in [1.165, 1.54) is 11.2 Å². The third-order valence-corrected chi connectivity index (χ3v) is 5.29. The molecule has 3 amide bonds. The summed E-state index contributed by atoms with van der Waals surface area (Å²) < 4.78 is 10.8. The van der Waals surface area contributed by atoms with Crippen molar-refractivity contribution in [1.29, 1.82) is 0 Å². The summed E-state index contributed by atoms with van der Waals surface area (Å²) in [6, 6.07) is 2.74. The number of hydrogen-bond acceptors (Lipinski definition) is 5. The first-order valence-electron chi connectivity index (χ1n) is 9.04. The summed E-state index contributed by atoms with van der Waals surface area (Å²) >= 11 is 0. The van der Waals surface area contributed by atoms with Gasteiger partial charge in [-0.15, -0.1) is 0 Å². The Kier molecular flexibility index (Phi) is 5.20. The molecule has 0 saturated carbocycles. The van der Waals surface area contributed by atoms with Crippen LogP contribution in [0.4, 0.5) is 4.79 Å². The zero-order valence-corrected chi connectivity index (χ0v) is 15.1. The van der Waals surface area contributed by atoms with Crippen molar-refractivity contribution in [2.75, 3.05) is 20.2 Å². The van der Waals surface area contributed by atoms with Gasteiger partial charge in [-0.1, -0.05) is 0 Å². The number of nitrogens with zero attached hydrogens (tertiary/aromatic N) is 1. The smallest absolute Gasteiger partial charge is 0.411 e. The van der Waals surface area contributed by atoms with Crippen molar-refractivity contribution in [3.63, 3.8) is 0 Å². The number of amides is 3. The van der Waals surface area contributed by atoms with Gasteiger partial charge in [-0.3, -0.25) is 14.5 Å². The first-order valence-corrected chi connectivity index (χ1v) is 9.04. The van der Waals surface area contributed by atoms with Crippen LogP contribution in [0.15, 0.2) is 22.8 Å². The molecule has 2 aliphatic rings. The Balaban J connectivity index is 2.12. The van der Waals surface area contributed by atoms with E-state index in [2.05, 4.69) is 10.6 Å². The molecule has 1 aromatic rings. The molecule has 3 rings (SSSR count). The van der Waals surface area contributed by atoms with E-state index in [9.17, 15) is 14.4 Å². The second-order valence-electron chi connectivity index (χ2n) is 6.70. The first-order chi connectivity index (χ1) is 12.5. The van der Waals surface area contributed by atoms with E-state index in [1.54, 1.807) is 26.1 Å². The number of carbonyl (C=O) groups excluding carboxylic acids is 3. The van der Waals surface area contributed by atoms with Crippen LogP contribution in [0.1, 0.15) is 44.4 Å². The van der Waals surface area contributed by atoms with Crippen LogP contribution in [0.2, 0.25) is 0 Å². The third-order valence-electron chi connectivity index (χ3n) is 5.29. The van der Waals surface area contributed by atoms with E-state index in [0.717, 1.165) is 12.8 Å². The number of nitrogens with one attached hydrogen (secondary N) is 2. The maximum atomic E-state index is 13.0. The van der Waals surface area contributed by atoms with Gasteiger partial charge >= 0.3 is 6.09 Å². The Hall–Kier alpha value is -2.51. The Morgan fingerprint density at radius 3 is 2.92 bits per heavy atom. The normalized spacial score (nSPS) is 28.5. The highest BCUT2D eigenvalue weighted by atomic mass is 16.6. The second-order valence-corrected chi connectivity index (χ2v) is 6.70. The summed E-state index contributed by atoms with van der Waals surface area (Å²) in [4.78, 5) is 39.9. The van der Waals surface area contributed by atoms with Gasteiger partial charge in [0.1, 0.15) is 17.3 Å². The molecule has 26 heavy (non-hydrogen) atoms. The summed E-state index contributed by atoms with van der Waals surface area (Å²) in [5.74, 6) is -0.583. The quantitative estimate of drug-likeness (QED) is 0.849. The molecule has 8 nitrogen and oxygen atoms in total. The lowest BCUT2D eigenvalue weighted by Crippen LogP contribution is -2.57. The molecule has 2 fully saturated rings. The van der Waals surface area contributed by atoms with Crippen LogP contribution in [-0.4, -0.2) is 48.5 Å². The SMILES string of the molecule is CCOC(=O)N1[C@@H](c2ccco2)[C@@H](C(=O)NC)C[C@]12CCCCNC2=O. The molecule has 1 spiro atoms. The number of carbonyl (C=O) groups is 3. The maximum Gasteiger partial charge on any atom is 0.411 e. The molecule has 142 valence electrons. The molecule has 8 heteroatoms. The predicted molar refractivity (Wildman–Crippen MR) is 92.1 cm³/mol. The molecule has 1 aromatic heterocycles. The van der Waals surface area contributed by atoms with Crippen LogP contribution in [0, 0.1) is 5.92 Å². The number of rotatable bonds is 3. The van der Waals surface area contributed by atoms with E-state index in [-0.39, 0.29) is 24.8 Å². The molecule has 0 unspecified atom stereocenters. The molecule has 0 radical (unpaired) electrons. The minimum Gasteiger partial charge on any atom is -0.467 e. The molecule has 2 saturated heterocycles. The Morgan fingerprint density at radius 1 is 1.46 bits per heavy atom. The van der Waals surface area contributed by atoms with Gasteiger partial charge in [-0.05, 0) is 44.7 Å². The number of hydrogen-bond donors (Lipinski definition) is 2. The Morgan fingerprint density at radius 2 is 2.27 bits per heavy atom. The van der Waals surface area contributed by atoms with Crippen molar-refractivity contribution in [1.82, 2.24) is 15.5 Å². The molecule has 2 N–H and O–H groups in total. The fourth-order valence-electron chi connectivity index (χ4n) is 4.15. The zero-order chi connectivity index (χ0) is 18.7. The van der Waals surface area contributed by atoms with Crippen molar-refractivity contribution < 1.29 is 23.5 Å². The average molecular weight is 363 g/mol. The molecule has 0 aliphatic carbocycles. The predicted octanol–water partition coefficient (Wildman–Crippen LogP) is 1.58. The van der Waals surface area contributed by atoms with Crippen LogP contribution >= 0.6 is 0 Å². The van der Waals surface area contributed by atoms with Gasteiger partial charge in [0.25, 0.3) is 0 Å². The molecule has 3 atom stereocenters. The van der Waals surface area contributed by atoms with Crippen molar-refractivity contribution in [2.24, 2.45) is 5.92 Å². The summed E-state index contributed by atoms with van der Waals surface area (Å²) in [5, 5.41) is 5.55. The van der Waals surface area contributed by atoms with Crippen LogP contribution < -0.4 is 10.6 Å². The van der Waals surface area contributed by atoms with Gasteiger partial charge < -0.3 is 19.8 Å². The average Bonchev–Trinajstić information content (AvgIpc) is 3.22. The molecule has 0 bridgehead atoms. The first kappa shape index (κ1) is 18.3. The zero-order valence-electron chi connectivity index (χ0n) is 15.1. The van der Waals surface area contributed by atoms with E-state index in [4.69, 9.17) is 9.15 Å². The molecule has 3 heterocycles. The van der Waals surface area contributed by atoms with Gasteiger partial charge in [0, 0.05) is 13.6 Å². The Labute approximate surface area is 152 Å². The second kappa shape index (κ2) is 7.39. The number of ether oxygens (including phenoxy) is 1. The van der Waals surface area contributed by atoms with Gasteiger partial charge in [-0.25, -0.2) is 4.79 Å². The lowest BCUT2D eigenvalue weighted by molar-refractivity contribution is -0.131.